The van der Waals surface area contributed by atoms with E-state index in [0.717, 1.165) is 19.3 Å². The lowest BCUT2D eigenvalue weighted by Crippen LogP contribution is -2.53. The average Bonchev–Trinajstić information content (AvgIpc) is 2.46. The van der Waals surface area contributed by atoms with Crippen molar-refractivity contribution in [2.24, 2.45) is 0 Å². The predicted molar refractivity (Wildman–Crippen MR) is 75.2 cm³/mol. The third-order valence-electron chi connectivity index (χ3n) is 4.00. The third kappa shape index (κ3) is 2.58. The zero-order valence-corrected chi connectivity index (χ0v) is 11.8. The maximum absolute atomic E-state index is 10.9. The normalized spacial score (nSPS) is 26.1. The molecular formula is C13H16ClN3O3. The van der Waals surface area contributed by atoms with Crippen molar-refractivity contribution in [1.82, 2.24) is 4.98 Å². The van der Waals surface area contributed by atoms with Crippen LogP contribution in [0.25, 0.3) is 0 Å². The number of nitrogens with zero attached hydrogens (tertiary/aromatic N) is 3. The Morgan fingerprint density at radius 2 is 2.20 bits per heavy atom. The largest absolute Gasteiger partial charge is 0.374 e. The Morgan fingerprint density at radius 3 is 3.00 bits per heavy atom. The van der Waals surface area contributed by atoms with E-state index in [0.29, 0.717) is 19.0 Å². The summed E-state index contributed by atoms with van der Waals surface area (Å²) in [5.74, 6) is 0.587. The molecule has 20 heavy (non-hydrogen) atoms. The van der Waals surface area contributed by atoms with Gasteiger partial charge in [-0.15, -0.1) is 0 Å². The van der Waals surface area contributed by atoms with Gasteiger partial charge in [0.15, 0.2) is 0 Å². The van der Waals surface area contributed by atoms with Crippen LogP contribution in [0.2, 0.25) is 5.15 Å². The highest BCUT2D eigenvalue weighted by Gasteiger charge is 2.35. The van der Waals surface area contributed by atoms with E-state index in [2.05, 4.69) is 9.88 Å². The Kier molecular flexibility index (Phi) is 3.76. The number of ether oxygens (including phenoxy) is 1. The lowest BCUT2D eigenvalue weighted by atomic mass is 9.90. The number of nitro groups is 1. The molecule has 1 aromatic rings. The van der Waals surface area contributed by atoms with Crippen molar-refractivity contribution in [3.63, 3.8) is 0 Å². The summed E-state index contributed by atoms with van der Waals surface area (Å²) in [4.78, 5) is 16.9. The van der Waals surface area contributed by atoms with Gasteiger partial charge in [-0.2, -0.15) is 0 Å². The summed E-state index contributed by atoms with van der Waals surface area (Å²) >= 11 is 5.91. The molecule has 2 aliphatic rings. The van der Waals surface area contributed by atoms with Crippen LogP contribution in [-0.4, -0.2) is 35.2 Å². The number of pyridine rings is 1. The molecule has 0 amide bonds. The van der Waals surface area contributed by atoms with Crippen molar-refractivity contribution in [2.45, 2.75) is 37.8 Å². The van der Waals surface area contributed by atoms with Gasteiger partial charge in [0, 0.05) is 6.54 Å². The monoisotopic (exact) mass is 297 g/mol. The highest BCUT2D eigenvalue weighted by molar-refractivity contribution is 6.29. The summed E-state index contributed by atoms with van der Waals surface area (Å²) in [6.45, 7) is 1.33. The van der Waals surface area contributed by atoms with Crippen LogP contribution in [0.1, 0.15) is 25.7 Å². The molecule has 2 unspecified atom stereocenters. The Bertz CT molecular complexity index is 524. The van der Waals surface area contributed by atoms with Crippen molar-refractivity contribution >= 4 is 23.1 Å². The van der Waals surface area contributed by atoms with Gasteiger partial charge in [0.2, 0.25) is 0 Å². The molecule has 0 spiro atoms. The summed E-state index contributed by atoms with van der Waals surface area (Å²) in [7, 11) is 0. The maximum Gasteiger partial charge on any atom is 0.276 e. The van der Waals surface area contributed by atoms with Crippen molar-refractivity contribution in [3.8, 4) is 0 Å². The van der Waals surface area contributed by atoms with Gasteiger partial charge in [-0.25, -0.2) is 4.98 Å². The van der Waals surface area contributed by atoms with Gasteiger partial charge in [-0.1, -0.05) is 24.4 Å². The summed E-state index contributed by atoms with van der Waals surface area (Å²) in [5, 5.41) is 11.1. The van der Waals surface area contributed by atoms with Crippen LogP contribution in [0.4, 0.5) is 11.5 Å². The lowest BCUT2D eigenvalue weighted by Gasteiger charge is -2.44. The van der Waals surface area contributed by atoms with Gasteiger partial charge in [0.1, 0.15) is 11.0 Å². The predicted octanol–water partition coefficient (Wildman–Crippen LogP) is 2.79. The molecule has 1 aliphatic carbocycles. The van der Waals surface area contributed by atoms with Crippen LogP contribution in [0.15, 0.2) is 12.1 Å². The molecule has 2 fully saturated rings. The second kappa shape index (κ2) is 5.54. The molecule has 1 aliphatic heterocycles. The van der Waals surface area contributed by atoms with E-state index in [1.807, 2.05) is 0 Å². The minimum atomic E-state index is -0.435. The second-order valence-corrected chi connectivity index (χ2v) is 5.61. The molecule has 7 heteroatoms. The standard InChI is InChI=1S/C13H16ClN3O3/c14-12-7-9(17(18)19)8-13(15-12)16-5-6-20-11-4-2-1-3-10(11)16/h7-8,10-11H,1-6H2. The number of anilines is 1. The number of hydrogen-bond donors (Lipinski definition) is 0. The second-order valence-electron chi connectivity index (χ2n) is 5.22. The first-order chi connectivity index (χ1) is 9.65. The first-order valence-corrected chi connectivity index (χ1v) is 7.23. The van der Waals surface area contributed by atoms with Crippen molar-refractivity contribution in [3.05, 3.63) is 27.4 Å². The van der Waals surface area contributed by atoms with Gasteiger partial charge >= 0.3 is 0 Å². The summed E-state index contributed by atoms with van der Waals surface area (Å²) in [6, 6.07) is 3.04. The summed E-state index contributed by atoms with van der Waals surface area (Å²) < 4.78 is 5.81. The molecule has 0 radical (unpaired) electrons. The minimum absolute atomic E-state index is 0.0150. The number of halogens is 1. The lowest BCUT2D eigenvalue weighted by molar-refractivity contribution is -0.384. The Hall–Kier alpha value is -1.40. The summed E-state index contributed by atoms with van der Waals surface area (Å²) in [5.41, 5.74) is -0.0150. The summed E-state index contributed by atoms with van der Waals surface area (Å²) in [6.07, 6.45) is 4.62. The zero-order chi connectivity index (χ0) is 14.1. The smallest absolute Gasteiger partial charge is 0.276 e. The molecule has 1 aromatic heterocycles. The fourth-order valence-corrected chi connectivity index (χ4v) is 3.30. The fourth-order valence-electron chi connectivity index (χ4n) is 3.10. The molecule has 0 N–H and O–H groups in total. The molecule has 2 heterocycles. The quantitative estimate of drug-likeness (QED) is 0.477. The number of aromatic nitrogens is 1. The number of hydrogen-bond acceptors (Lipinski definition) is 5. The Balaban J connectivity index is 1.92. The molecule has 0 bridgehead atoms. The van der Waals surface area contributed by atoms with Crippen LogP contribution in [0.5, 0.6) is 0 Å². The van der Waals surface area contributed by atoms with E-state index in [9.17, 15) is 10.1 Å². The Morgan fingerprint density at radius 1 is 1.40 bits per heavy atom. The minimum Gasteiger partial charge on any atom is -0.374 e. The maximum atomic E-state index is 10.9. The fraction of sp³-hybridized carbons (Fsp3) is 0.615. The van der Waals surface area contributed by atoms with Gasteiger partial charge in [0.25, 0.3) is 5.69 Å². The van der Waals surface area contributed by atoms with Crippen molar-refractivity contribution in [1.29, 1.82) is 0 Å². The molecule has 3 rings (SSSR count). The van der Waals surface area contributed by atoms with E-state index in [4.69, 9.17) is 16.3 Å². The van der Waals surface area contributed by atoms with E-state index in [1.165, 1.54) is 18.6 Å². The van der Waals surface area contributed by atoms with Crippen molar-refractivity contribution < 1.29 is 9.66 Å². The first kappa shape index (κ1) is 13.6. The van der Waals surface area contributed by atoms with Crippen LogP contribution in [0.3, 0.4) is 0 Å². The van der Waals surface area contributed by atoms with Crippen molar-refractivity contribution in [2.75, 3.05) is 18.1 Å². The molecule has 1 saturated heterocycles. The van der Waals surface area contributed by atoms with Crippen LogP contribution >= 0.6 is 11.6 Å². The zero-order valence-electron chi connectivity index (χ0n) is 11.0. The molecule has 0 aromatic carbocycles. The number of morpholine rings is 1. The molecule has 108 valence electrons. The molecule has 2 atom stereocenters. The molecule has 1 saturated carbocycles. The first-order valence-electron chi connectivity index (χ1n) is 6.85. The number of rotatable bonds is 2. The van der Waals surface area contributed by atoms with E-state index in [-0.39, 0.29) is 23.0 Å². The van der Waals surface area contributed by atoms with Gasteiger partial charge in [-0.05, 0) is 12.8 Å². The topological polar surface area (TPSA) is 68.5 Å². The highest BCUT2D eigenvalue weighted by atomic mass is 35.5. The highest BCUT2D eigenvalue weighted by Crippen LogP contribution is 2.33. The van der Waals surface area contributed by atoms with Crippen LogP contribution in [0, 0.1) is 10.1 Å². The van der Waals surface area contributed by atoms with Crippen LogP contribution in [-0.2, 0) is 4.74 Å². The van der Waals surface area contributed by atoms with Gasteiger partial charge in [-0.3, -0.25) is 10.1 Å². The van der Waals surface area contributed by atoms with E-state index in [1.54, 1.807) is 0 Å². The average molecular weight is 298 g/mol. The number of fused-ring (bicyclic) bond motifs is 1. The SMILES string of the molecule is O=[N+]([O-])c1cc(Cl)nc(N2CCOC3CCCCC32)c1. The van der Waals surface area contributed by atoms with Gasteiger partial charge in [0.05, 0.1) is 35.8 Å². The Labute approximate surface area is 121 Å². The van der Waals surface area contributed by atoms with Gasteiger partial charge < -0.3 is 9.64 Å². The molecular weight excluding hydrogens is 282 g/mol. The van der Waals surface area contributed by atoms with E-state index < -0.39 is 4.92 Å². The third-order valence-corrected chi connectivity index (χ3v) is 4.20. The van der Waals surface area contributed by atoms with Crippen LogP contribution < -0.4 is 4.90 Å². The molecule has 6 nitrogen and oxygen atoms in total. The van der Waals surface area contributed by atoms with E-state index >= 15 is 0 Å².